The molecule has 0 aromatic rings. The fraction of sp³-hybridized carbons (Fsp3) is 0.692. The van der Waals surface area contributed by atoms with Crippen LogP contribution in [0, 0.1) is 5.92 Å². The van der Waals surface area contributed by atoms with Gasteiger partial charge in [-0.2, -0.15) is 0 Å². The molecule has 0 rings (SSSR count). The van der Waals surface area contributed by atoms with Crippen LogP contribution in [0.25, 0.3) is 0 Å². The van der Waals surface area contributed by atoms with Gasteiger partial charge < -0.3 is 15.4 Å². The van der Waals surface area contributed by atoms with Crippen molar-refractivity contribution >= 4 is 12.0 Å². The fourth-order valence-electron chi connectivity index (χ4n) is 1.31. The quantitative estimate of drug-likeness (QED) is 0.754. The molecule has 2 amide bonds. The highest BCUT2D eigenvalue weighted by Crippen LogP contribution is 2.07. The summed E-state index contributed by atoms with van der Waals surface area (Å²) in [6.07, 6.45) is 1.36. The third-order valence-corrected chi connectivity index (χ3v) is 2.10. The molecule has 0 bridgehead atoms. The molecule has 5 nitrogen and oxygen atoms in total. The van der Waals surface area contributed by atoms with E-state index in [1.165, 1.54) is 0 Å². The Balaban J connectivity index is 4.18. The van der Waals surface area contributed by atoms with E-state index in [0.717, 1.165) is 5.57 Å². The number of nitrogens with one attached hydrogen (secondary N) is 2. The first-order valence-corrected chi connectivity index (χ1v) is 6.01. The van der Waals surface area contributed by atoms with E-state index in [0.29, 0.717) is 6.54 Å². The Morgan fingerprint density at radius 1 is 1.33 bits per heavy atom. The Bertz CT molecular complexity index is 330. The van der Waals surface area contributed by atoms with E-state index >= 15 is 0 Å². The van der Waals surface area contributed by atoms with Crippen LogP contribution in [-0.4, -0.2) is 31.2 Å². The molecule has 0 spiro atoms. The largest absolute Gasteiger partial charge is 0.444 e. The standard InChI is InChI=1S/C13H24N2O3/c1-9(7-10(2)11(16)14-6)8-15-12(17)18-13(3,4)5/h7,10H,8H2,1-6H3,(H,14,16)(H,15,17)/b9-7+/t10-/m1/s1. The summed E-state index contributed by atoms with van der Waals surface area (Å²) < 4.78 is 5.11. The molecule has 1 atom stereocenters. The highest BCUT2D eigenvalue weighted by molar-refractivity contribution is 5.79. The van der Waals surface area contributed by atoms with Gasteiger partial charge in [0.2, 0.25) is 5.91 Å². The zero-order valence-corrected chi connectivity index (χ0v) is 12.1. The van der Waals surface area contributed by atoms with Crippen molar-refractivity contribution in [2.75, 3.05) is 13.6 Å². The van der Waals surface area contributed by atoms with Crippen molar-refractivity contribution in [3.05, 3.63) is 11.6 Å². The lowest BCUT2D eigenvalue weighted by molar-refractivity contribution is -0.122. The predicted molar refractivity (Wildman–Crippen MR) is 71.2 cm³/mol. The van der Waals surface area contributed by atoms with Gasteiger partial charge in [-0.25, -0.2) is 4.79 Å². The van der Waals surface area contributed by atoms with Gasteiger partial charge in [-0.15, -0.1) is 0 Å². The van der Waals surface area contributed by atoms with Gasteiger partial charge in [-0.1, -0.05) is 18.6 Å². The van der Waals surface area contributed by atoms with E-state index < -0.39 is 11.7 Å². The molecule has 0 saturated heterocycles. The molecule has 0 saturated carbocycles. The van der Waals surface area contributed by atoms with E-state index in [9.17, 15) is 9.59 Å². The SMILES string of the molecule is CNC(=O)[C@H](C)/C=C(\C)CNC(=O)OC(C)(C)C. The fourth-order valence-corrected chi connectivity index (χ4v) is 1.31. The molecule has 0 aliphatic heterocycles. The molecular weight excluding hydrogens is 232 g/mol. The van der Waals surface area contributed by atoms with Gasteiger partial charge >= 0.3 is 6.09 Å². The number of ether oxygens (including phenoxy) is 1. The smallest absolute Gasteiger partial charge is 0.407 e. The van der Waals surface area contributed by atoms with Gasteiger partial charge in [-0.3, -0.25) is 4.79 Å². The molecule has 18 heavy (non-hydrogen) atoms. The van der Waals surface area contributed by atoms with Crippen LogP contribution in [0.5, 0.6) is 0 Å². The topological polar surface area (TPSA) is 67.4 Å². The molecule has 0 aromatic carbocycles. The van der Waals surface area contributed by atoms with E-state index in [1.54, 1.807) is 14.0 Å². The summed E-state index contributed by atoms with van der Waals surface area (Å²) >= 11 is 0. The summed E-state index contributed by atoms with van der Waals surface area (Å²) in [6, 6.07) is 0. The minimum atomic E-state index is -0.503. The predicted octanol–water partition coefficient (Wildman–Crippen LogP) is 1.84. The van der Waals surface area contributed by atoms with Crippen molar-refractivity contribution in [1.29, 1.82) is 0 Å². The van der Waals surface area contributed by atoms with E-state index in [-0.39, 0.29) is 11.8 Å². The maximum atomic E-state index is 11.4. The Kier molecular flexibility index (Phi) is 6.44. The van der Waals surface area contributed by atoms with Crippen molar-refractivity contribution < 1.29 is 14.3 Å². The highest BCUT2D eigenvalue weighted by atomic mass is 16.6. The second kappa shape index (κ2) is 7.03. The lowest BCUT2D eigenvalue weighted by Crippen LogP contribution is -2.33. The number of hydrogen-bond donors (Lipinski definition) is 2. The average Bonchev–Trinajstić information content (AvgIpc) is 2.22. The summed E-state index contributed by atoms with van der Waals surface area (Å²) in [5.41, 5.74) is 0.411. The van der Waals surface area contributed by atoms with Gasteiger partial charge in [0.1, 0.15) is 5.60 Å². The maximum absolute atomic E-state index is 11.4. The first-order valence-electron chi connectivity index (χ1n) is 6.01. The van der Waals surface area contributed by atoms with Crippen LogP contribution in [0.4, 0.5) is 4.79 Å². The van der Waals surface area contributed by atoms with Crippen LogP contribution in [0.2, 0.25) is 0 Å². The Labute approximate surface area is 109 Å². The number of hydrogen-bond acceptors (Lipinski definition) is 3. The lowest BCUT2D eigenvalue weighted by atomic mass is 10.1. The summed E-state index contributed by atoms with van der Waals surface area (Å²) in [7, 11) is 1.60. The Hall–Kier alpha value is -1.52. The molecule has 2 N–H and O–H groups in total. The number of rotatable bonds is 4. The first-order chi connectivity index (χ1) is 8.15. The van der Waals surface area contributed by atoms with Gasteiger partial charge in [0, 0.05) is 13.6 Å². The first kappa shape index (κ1) is 16.5. The number of alkyl carbamates (subject to hydrolysis) is 1. The van der Waals surface area contributed by atoms with E-state index in [2.05, 4.69) is 10.6 Å². The number of amides is 2. The van der Waals surface area contributed by atoms with Crippen LogP contribution in [0.3, 0.4) is 0 Å². The Morgan fingerprint density at radius 3 is 2.33 bits per heavy atom. The number of carbonyl (C=O) groups excluding carboxylic acids is 2. The molecule has 0 fully saturated rings. The molecule has 0 aromatic heterocycles. The van der Waals surface area contributed by atoms with E-state index in [4.69, 9.17) is 4.74 Å². The molecule has 0 heterocycles. The van der Waals surface area contributed by atoms with Crippen molar-refractivity contribution in [2.45, 2.75) is 40.2 Å². The van der Waals surface area contributed by atoms with Crippen LogP contribution >= 0.6 is 0 Å². The normalized spacial score (nSPS) is 13.8. The second-order valence-electron chi connectivity index (χ2n) is 5.27. The molecule has 104 valence electrons. The molecule has 0 radical (unpaired) electrons. The zero-order chi connectivity index (χ0) is 14.3. The monoisotopic (exact) mass is 256 g/mol. The molecule has 0 aliphatic carbocycles. The lowest BCUT2D eigenvalue weighted by Gasteiger charge is -2.19. The number of carbonyl (C=O) groups is 2. The minimum absolute atomic E-state index is 0.0494. The van der Waals surface area contributed by atoms with Gasteiger partial charge in [0.15, 0.2) is 0 Å². The molecule has 0 aliphatic rings. The summed E-state index contributed by atoms with van der Waals surface area (Å²) in [5.74, 6) is -0.262. The molecule has 0 unspecified atom stereocenters. The minimum Gasteiger partial charge on any atom is -0.444 e. The van der Waals surface area contributed by atoms with Gasteiger partial charge in [0.25, 0.3) is 0 Å². The summed E-state index contributed by atoms with van der Waals surface area (Å²) in [4.78, 5) is 22.7. The van der Waals surface area contributed by atoms with Crippen LogP contribution in [0.15, 0.2) is 11.6 Å². The third-order valence-electron chi connectivity index (χ3n) is 2.10. The van der Waals surface area contributed by atoms with Crippen molar-refractivity contribution in [2.24, 2.45) is 5.92 Å². The molecular formula is C13H24N2O3. The highest BCUT2D eigenvalue weighted by Gasteiger charge is 2.15. The van der Waals surface area contributed by atoms with Gasteiger partial charge in [-0.05, 0) is 27.7 Å². The zero-order valence-electron chi connectivity index (χ0n) is 12.1. The van der Waals surface area contributed by atoms with Crippen LogP contribution in [-0.2, 0) is 9.53 Å². The van der Waals surface area contributed by atoms with Crippen LogP contribution < -0.4 is 10.6 Å². The van der Waals surface area contributed by atoms with Crippen molar-refractivity contribution in [1.82, 2.24) is 10.6 Å². The Morgan fingerprint density at radius 2 is 1.89 bits per heavy atom. The summed E-state index contributed by atoms with van der Waals surface area (Å²) in [5, 5.41) is 5.21. The van der Waals surface area contributed by atoms with E-state index in [1.807, 2.05) is 33.8 Å². The van der Waals surface area contributed by atoms with Crippen molar-refractivity contribution in [3.8, 4) is 0 Å². The van der Waals surface area contributed by atoms with Gasteiger partial charge in [0.05, 0.1) is 5.92 Å². The van der Waals surface area contributed by atoms with Crippen molar-refractivity contribution in [3.63, 3.8) is 0 Å². The average molecular weight is 256 g/mol. The van der Waals surface area contributed by atoms with Crippen LogP contribution in [0.1, 0.15) is 34.6 Å². The summed E-state index contributed by atoms with van der Waals surface area (Å²) in [6.45, 7) is 9.46. The molecule has 5 heteroatoms. The third kappa shape index (κ3) is 7.70. The maximum Gasteiger partial charge on any atom is 0.407 e. The second-order valence-corrected chi connectivity index (χ2v) is 5.27.